The van der Waals surface area contributed by atoms with Crippen molar-refractivity contribution in [1.82, 2.24) is 5.32 Å². The molecule has 3 atom stereocenters. The van der Waals surface area contributed by atoms with E-state index in [0.717, 1.165) is 19.6 Å². The lowest BCUT2D eigenvalue weighted by Crippen LogP contribution is -2.39. The van der Waals surface area contributed by atoms with E-state index in [9.17, 15) is 0 Å². The molecule has 1 N–H and O–H groups in total. The van der Waals surface area contributed by atoms with Crippen LogP contribution >= 0.6 is 0 Å². The molecule has 2 heteroatoms. The van der Waals surface area contributed by atoms with Crippen LogP contribution in [0.3, 0.4) is 0 Å². The van der Waals surface area contributed by atoms with Gasteiger partial charge < -0.3 is 10.1 Å². The molecule has 1 heterocycles. The van der Waals surface area contributed by atoms with Crippen LogP contribution in [0.25, 0.3) is 0 Å². The topological polar surface area (TPSA) is 21.3 Å². The molecule has 0 radical (unpaired) electrons. The smallest absolute Gasteiger partial charge is 0.0620 e. The van der Waals surface area contributed by atoms with Gasteiger partial charge in [0.25, 0.3) is 0 Å². The van der Waals surface area contributed by atoms with Gasteiger partial charge in [0.1, 0.15) is 0 Å². The summed E-state index contributed by atoms with van der Waals surface area (Å²) in [5.41, 5.74) is 1.40. The molecule has 1 saturated heterocycles. The normalized spacial score (nSPS) is 24.2. The van der Waals surface area contributed by atoms with E-state index in [-0.39, 0.29) is 0 Å². The zero-order valence-electron chi connectivity index (χ0n) is 10.1. The highest BCUT2D eigenvalue weighted by Gasteiger charge is 2.21. The standard InChI is InChI=1S/C14H21NO/c1-11(13-6-4-3-5-7-13)12(2)15-14-8-9-16-10-14/h3-7,11-12,14-15H,8-10H2,1-2H3. The van der Waals surface area contributed by atoms with Gasteiger partial charge in [-0.1, -0.05) is 37.3 Å². The molecule has 1 aliphatic heterocycles. The van der Waals surface area contributed by atoms with Crippen molar-refractivity contribution >= 4 is 0 Å². The lowest BCUT2D eigenvalue weighted by Gasteiger charge is -2.24. The first-order valence-corrected chi connectivity index (χ1v) is 6.16. The third kappa shape index (κ3) is 2.83. The van der Waals surface area contributed by atoms with Crippen molar-refractivity contribution in [3.63, 3.8) is 0 Å². The summed E-state index contributed by atoms with van der Waals surface area (Å²) in [7, 11) is 0. The molecular formula is C14H21NO. The van der Waals surface area contributed by atoms with Gasteiger partial charge in [-0.15, -0.1) is 0 Å². The third-order valence-electron chi connectivity index (χ3n) is 3.50. The Kier molecular flexibility index (Phi) is 3.97. The van der Waals surface area contributed by atoms with Gasteiger partial charge in [-0.05, 0) is 24.8 Å². The maximum Gasteiger partial charge on any atom is 0.0620 e. The van der Waals surface area contributed by atoms with Crippen molar-refractivity contribution < 1.29 is 4.74 Å². The van der Waals surface area contributed by atoms with Crippen LogP contribution in [0.4, 0.5) is 0 Å². The quantitative estimate of drug-likeness (QED) is 0.840. The van der Waals surface area contributed by atoms with Gasteiger partial charge in [-0.2, -0.15) is 0 Å². The van der Waals surface area contributed by atoms with Crippen molar-refractivity contribution in [2.75, 3.05) is 13.2 Å². The zero-order chi connectivity index (χ0) is 11.4. The Bertz CT molecular complexity index is 306. The van der Waals surface area contributed by atoms with E-state index in [2.05, 4.69) is 49.5 Å². The Morgan fingerprint density at radius 2 is 2.00 bits per heavy atom. The molecule has 0 saturated carbocycles. The molecule has 1 aromatic carbocycles. The highest BCUT2D eigenvalue weighted by Crippen LogP contribution is 2.19. The minimum absolute atomic E-state index is 0.495. The minimum Gasteiger partial charge on any atom is -0.380 e. The van der Waals surface area contributed by atoms with Crippen LogP contribution in [0.5, 0.6) is 0 Å². The second-order valence-corrected chi connectivity index (χ2v) is 4.72. The van der Waals surface area contributed by atoms with Crippen LogP contribution in [0.15, 0.2) is 30.3 Å². The molecule has 16 heavy (non-hydrogen) atoms. The summed E-state index contributed by atoms with van der Waals surface area (Å²) < 4.78 is 5.38. The molecule has 0 spiro atoms. The molecule has 1 aliphatic rings. The molecule has 1 fully saturated rings. The van der Waals surface area contributed by atoms with E-state index in [4.69, 9.17) is 4.74 Å². The van der Waals surface area contributed by atoms with Crippen LogP contribution in [0, 0.1) is 0 Å². The van der Waals surface area contributed by atoms with Crippen molar-refractivity contribution in [1.29, 1.82) is 0 Å². The second kappa shape index (κ2) is 5.46. The largest absolute Gasteiger partial charge is 0.380 e. The lowest BCUT2D eigenvalue weighted by atomic mass is 9.94. The predicted octanol–water partition coefficient (Wildman–Crippen LogP) is 2.56. The van der Waals surface area contributed by atoms with Gasteiger partial charge in [0.05, 0.1) is 6.61 Å². The number of nitrogens with one attached hydrogen (secondary N) is 1. The summed E-state index contributed by atoms with van der Waals surface area (Å²) in [4.78, 5) is 0. The number of benzene rings is 1. The number of ether oxygens (including phenoxy) is 1. The molecule has 2 nitrogen and oxygen atoms in total. The van der Waals surface area contributed by atoms with E-state index < -0.39 is 0 Å². The van der Waals surface area contributed by atoms with Crippen molar-refractivity contribution in [2.45, 2.75) is 38.3 Å². The van der Waals surface area contributed by atoms with Gasteiger partial charge in [-0.25, -0.2) is 0 Å². The molecule has 0 bridgehead atoms. The fourth-order valence-corrected chi connectivity index (χ4v) is 2.23. The summed E-state index contributed by atoms with van der Waals surface area (Å²) >= 11 is 0. The SMILES string of the molecule is CC(NC1CCOC1)C(C)c1ccccc1. The fourth-order valence-electron chi connectivity index (χ4n) is 2.23. The first kappa shape index (κ1) is 11.6. The molecule has 2 rings (SSSR count). The Morgan fingerprint density at radius 3 is 2.62 bits per heavy atom. The zero-order valence-corrected chi connectivity index (χ0v) is 10.1. The van der Waals surface area contributed by atoms with Gasteiger partial charge in [0.2, 0.25) is 0 Å². The summed E-state index contributed by atoms with van der Waals surface area (Å²) in [5.74, 6) is 0.543. The summed E-state index contributed by atoms with van der Waals surface area (Å²) in [5, 5.41) is 3.65. The van der Waals surface area contributed by atoms with Crippen LogP contribution < -0.4 is 5.32 Å². The van der Waals surface area contributed by atoms with E-state index >= 15 is 0 Å². The van der Waals surface area contributed by atoms with E-state index in [0.29, 0.717) is 18.0 Å². The molecule has 3 unspecified atom stereocenters. The van der Waals surface area contributed by atoms with E-state index in [1.165, 1.54) is 5.56 Å². The summed E-state index contributed by atoms with van der Waals surface area (Å²) in [6.45, 7) is 6.31. The molecule has 1 aromatic rings. The monoisotopic (exact) mass is 219 g/mol. The van der Waals surface area contributed by atoms with E-state index in [1.54, 1.807) is 0 Å². The Balaban J connectivity index is 1.91. The first-order chi connectivity index (χ1) is 7.77. The van der Waals surface area contributed by atoms with Crippen LogP contribution in [-0.4, -0.2) is 25.3 Å². The van der Waals surface area contributed by atoms with Crippen molar-refractivity contribution in [3.05, 3.63) is 35.9 Å². The molecule has 0 amide bonds. The molecular weight excluding hydrogens is 198 g/mol. The van der Waals surface area contributed by atoms with Crippen molar-refractivity contribution in [2.24, 2.45) is 0 Å². The van der Waals surface area contributed by atoms with E-state index in [1.807, 2.05) is 0 Å². The Hall–Kier alpha value is -0.860. The predicted molar refractivity (Wildman–Crippen MR) is 66.7 cm³/mol. The first-order valence-electron chi connectivity index (χ1n) is 6.16. The average Bonchev–Trinajstić information content (AvgIpc) is 2.82. The number of hydrogen-bond acceptors (Lipinski definition) is 2. The molecule has 0 aromatic heterocycles. The Morgan fingerprint density at radius 1 is 1.25 bits per heavy atom. The summed E-state index contributed by atoms with van der Waals surface area (Å²) in [6, 6.07) is 11.7. The average molecular weight is 219 g/mol. The number of rotatable bonds is 4. The maximum absolute atomic E-state index is 5.38. The third-order valence-corrected chi connectivity index (χ3v) is 3.50. The molecule has 88 valence electrons. The second-order valence-electron chi connectivity index (χ2n) is 4.72. The van der Waals surface area contributed by atoms with Gasteiger partial charge >= 0.3 is 0 Å². The van der Waals surface area contributed by atoms with Crippen LogP contribution in [0.1, 0.15) is 31.7 Å². The highest BCUT2D eigenvalue weighted by molar-refractivity contribution is 5.20. The fraction of sp³-hybridized carbons (Fsp3) is 0.571. The van der Waals surface area contributed by atoms with Gasteiger partial charge in [0.15, 0.2) is 0 Å². The number of hydrogen-bond donors (Lipinski definition) is 1. The maximum atomic E-state index is 5.38. The van der Waals surface area contributed by atoms with Gasteiger partial charge in [-0.3, -0.25) is 0 Å². The minimum atomic E-state index is 0.495. The van der Waals surface area contributed by atoms with Crippen LogP contribution in [-0.2, 0) is 4.74 Å². The van der Waals surface area contributed by atoms with Gasteiger partial charge in [0, 0.05) is 18.7 Å². The lowest BCUT2D eigenvalue weighted by molar-refractivity contribution is 0.187. The van der Waals surface area contributed by atoms with Crippen molar-refractivity contribution in [3.8, 4) is 0 Å². The van der Waals surface area contributed by atoms with Crippen LogP contribution in [0.2, 0.25) is 0 Å². The summed E-state index contributed by atoms with van der Waals surface area (Å²) in [6.07, 6.45) is 1.14. The highest BCUT2D eigenvalue weighted by atomic mass is 16.5. The Labute approximate surface area is 98.0 Å². The molecule has 0 aliphatic carbocycles.